The van der Waals surface area contributed by atoms with Gasteiger partial charge in [-0.2, -0.15) is 0 Å². The molecular weight excluding hydrogens is 414 g/mol. The van der Waals surface area contributed by atoms with Crippen LogP contribution in [0.2, 0.25) is 5.02 Å². The molecule has 1 heterocycles. The van der Waals surface area contributed by atoms with Crippen LogP contribution >= 0.6 is 11.6 Å². The van der Waals surface area contributed by atoms with E-state index in [1.165, 1.54) is 0 Å². The number of nitrogens with zero attached hydrogens (tertiary/aromatic N) is 1. The van der Waals surface area contributed by atoms with Gasteiger partial charge in [0.1, 0.15) is 5.75 Å². The van der Waals surface area contributed by atoms with Crippen molar-refractivity contribution >= 4 is 23.4 Å². The molecule has 2 fully saturated rings. The second-order valence-corrected chi connectivity index (χ2v) is 8.61. The summed E-state index contributed by atoms with van der Waals surface area (Å²) in [5.74, 6) is 0.633. The molecule has 0 radical (unpaired) electrons. The van der Waals surface area contributed by atoms with Crippen molar-refractivity contribution in [1.82, 2.24) is 15.5 Å². The number of hydrogen-bond donors (Lipinski definition) is 2. The lowest BCUT2D eigenvalue weighted by atomic mass is 9.82. The Morgan fingerprint density at radius 1 is 1.13 bits per heavy atom. The van der Waals surface area contributed by atoms with Crippen LogP contribution in [-0.2, 0) is 11.3 Å². The Kier molecular flexibility index (Phi) is 6.78. The van der Waals surface area contributed by atoms with Crippen LogP contribution < -0.4 is 15.4 Å². The summed E-state index contributed by atoms with van der Waals surface area (Å²) in [4.78, 5) is 27.9. The summed E-state index contributed by atoms with van der Waals surface area (Å²) < 4.78 is 5.48. The second-order valence-electron chi connectivity index (χ2n) is 8.20. The van der Waals surface area contributed by atoms with E-state index in [0.717, 1.165) is 31.2 Å². The van der Waals surface area contributed by atoms with Crippen molar-refractivity contribution in [2.75, 3.05) is 13.7 Å². The van der Waals surface area contributed by atoms with Crippen LogP contribution in [0, 0.1) is 5.92 Å². The summed E-state index contributed by atoms with van der Waals surface area (Å²) in [6.07, 6.45) is 3.80. The molecule has 2 aliphatic rings. The monoisotopic (exact) mass is 441 g/mol. The number of ether oxygens (including phenoxy) is 1. The zero-order chi connectivity index (χ0) is 21.8. The summed E-state index contributed by atoms with van der Waals surface area (Å²) in [6.45, 7) is 0.674. The van der Waals surface area contributed by atoms with Gasteiger partial charge in [-0.05, 0) is 31.0 Å². The van der Waals surface area contributed by atoms with E-state index in [4.69, 9.17) is 16.3 Å². The first-order chi connectivity index (χ1) is 15.1. The summed E-state index contributed by atoms with van der Waals surface area (Å²) in [6, 6.07) is 14.8. The molecule has 1 saturated heterocycles. The molecule has 6 nitrogen and oxygen atoms in total. The van der Waals surface area contributed by atoms with Gasteiger partial charge >= 0.3 is 0 Å². The molecular formula is C24H28ClN3O3. The van der Waals surface area contributed by atoms with Crippen molar-refractivity contribution in [3.8, 4) is 5.75 Å². The third-order valence-electron chi connectivity index (χ3n) is 6.18. The molecule has 1 aliphatic carbocycles. The molecule has 2 amide bonds. The van der Waals surface area contributed by atoms with Gasteiger partial charge < -0.3 is 15.0 Å². The van der Waals surface area contributed by atoms with Crippen LogP contribution in [0.1, 0.15) is 41.6 Å². The van der Waals surface area contributed by atoms with E-state index in [1.807, 2.05) is 24.3 Å². The van der Waals surface area contributed by atoms with Crippen molar-refractivity contribution in [3.05, 3.63) is 64.7 Å². The number of nitrogens with one attached hydrogen (secondary N) is 2. The number of benzene rings is 2. The van der Waals surface area contributed by atoms with Gasteiger partial charge in [-0.3, -0.25) is 14.9 Å². The molecule has 0 bridgehead atoms. The molecule has 1 aliphatic heterocycles. The minimum Gasteiger partial charge on any atom is -0.496 e. The lowest BCUT2D eigenvalue weighted by Crippen LogP contribution is -2.65. The predicted molar refractivity (Wildman–Crippen MR) is 120 cm³/mol. The van der Waals surface area contributed by atoms with Gasteiger partial charge in [0.05, 0.1) is 36.3 Å². The molecule has 2 aromatic carbocycles. The van der Waals surface area contributed by atoms with E-state index in [-0.39, 0.29) is 29.9 Å². The Labute approximate surface area is 187 Å². The van der Waals surface area contributed by atoms with E-state index >= 15 is 0 Å². The zero-order valence-corrected chi connectivity index (χ0v) is 18.4. The minimum atomic E-state index is -0.312. The van der Waals surface area contributed by atoms with E-state index in [9.17, 15) is 9.59 Å². The van der Waals surface area contributed by atoms with E-state index in [2.05, 4.69) is 10.6 Å². The van der Waals surface area contributed by atoms with Gasteiger partial charge in [-0.15, -0.1) is 0 Å². The molecule has 1 saturated carbocycles. The van der Waals surface area contributed by atoms with Crippen molar-refractivity contribution in [3.63, 3.8) is 0 Å². The zero-order valence-electron chi connectivity index (χ0n) is 17.6. The van der Waals surface area contributed by atoms with Gasteiger partial charge in [0.15, 0.2) is 0 Å². The molecule has 31 heavy (non-hydrogen) atoms. The lowest BCUT2D eigenvalue weighted by Gasteiger charge is -2.41. The minimum absolute atomic E-state index is 0.0203. The normalized spacial score (nSPS) is 22.9. The fourth-order valence-electron chi connectivity index (χ4n) is 4.61. The highest BCUT2D eigenvalue weighted by Gasteiger charge is 2.38. The van der Waals surface area contributed by atoms with Crippen molar-refractivity contribution in [1.29, 1.82) is 0 Å². The Morgan fingerprint density at radius 2 is 1.87 bits per heavy atom. The number of amides is 2. The van der Waals surface area contributed by atoms with Gasteiger partial charge in [0.2, 0.25) is 5.91 Å². The highest BCUT2D eigenvalue weighted by Crippen LogP contribution is 2.28. The van der Waals surface area contributed by atoms with Gasteiger partial charge in [-0.1, -0.05) is 54.8 Å². The third-order valence-corrected chi connectivity index (χ3v) is 6.51. The molecule has 4 rings (SSSR count). The quantitative estimate of drug-likeness (QED) is 0.718. The third kappa shape index (κ3) is 4.86. The molecule has 2 aromatic rings. The Balaban J connectivity index is 1.58. The van der Waals surface area contributed by atoms with E-state index in [0.29, 0.717) is 29.4 Å². The second kappa shape index (κ2) is 9.71. The topological polar surface area (TPSA) is 70.7 Å². The lowest BCUT2D eigenvalue weighted by molar-refractivity contribution is -0.131. The SMILES string of the molecule is COc1ccccc1CN(CC1NC(=O)C2CCCCC2N1)C(=O)c1ccccc1Cl. The number of para-hydroxylation sites is 1. The van der Waals surface area contributed by atoms with E-state index in [1.54, 1.807) is 36.3 Å². The Hall–Kier alpha value is -2.57. The Bertz CT molecular complexity index is 951. The van der Waals surface area contributed by atoms with Gasteiger partial charge in [-0.25, -0.2) is 0 Å². The number of methoxy groups -OCH3 is 1. The highest BCUT2D eigenvalue weighted by atomic mass is 35.5. The maximum atomic E-state index is 13.5. The van der Waals surface area contributed by atoms with Crippen LogP contribution in [0.5, 0.6) is 5.75 Å². The first-order valence-electron chi connectivity index (χ1n) is 10.8. The molecule has 3 atom stereocenters. The van der Waals surface area contributed by atoms with Gasteiger partial charge in [0.25, 0.3) is 5.91 Å². The van der Waals surface area contributed by atoms with Crippen LogP contribution in [0.3, 0.4) is 0 Å². The largest absolute Gasteiger partial charge is 0.496 e. The molecule has 3 unspecified atom stereocenters. The molecule has 164 valence electrons. The van der Waals surface area contributed by atoms with E-state index < -0.39 is 0 Å². The van der Waals surface area contributed by atoms with Gasteiger partial charge in [0, 0.05) is 18.2 Å². The summed E-state index contributed by atoms with van der Waals surface area (Å²) >= 11 is 6.32. The van der Waals surface area contributed by atoms with Crippen molar-refractivity contribution in [2.45, 2.75) is 44.4 Å². The van der Waals surface area contributed by atoms with Crippen molar-refractivity contribution < 1.29 is 14.3 Å². The van der Waals surface area contributed by atoms with Crippen LogP contribution in [0.15, 0.2) is 48.5 Å². The fourth-order valence-corrected chi connectivity index (χ4v) is 4.82. The number of hydrogen-bond acceptors (Lipinski definition) is 4. The molecule has 7 heteroatoms. The molecule has 2 N–H and O–H groups in total. The number of fused-ring (bicyclic) bond motifs is 1. The first kappa shape index (κ1) is 21.7. The van der Waals surface area contributed by atoms with Crippen LogP contribution in [0.25, 0.3) is 0 Å². The number of carbonyl (C=O) groups is 2. The first-order valence-corrected chi connectivity index (χ1v) is 11.2. The summed E-state index contributed by atoms with van der Waals surface area (Å²) in [5.41, 5.74) is 1.33. The fraction of sp³-hybridized carbons (Fsp3) is 0.417. The smallest absolute Gasteiger partial charge is 0.255 e. The predicted octanol–water partition coefficient (Wildman–Crippen LogP) is 3.60. The maximum Gasteiger partial charge on any atom is 0.255 e. The van der Waals surface area contributed by atoms with Crippen LogP contribution in [-0.4, -0.2) is 42.6 Å². The van der Waals surface area contributed by atoms with Crippen LogP contribution in [0.4, 0.5) is 0 Å². The number of carbonyl (C=O) groups excluding carboxylic acids is 2. The average Bonchev–Trinajstić information content (AvgIpc) is 2.79. The number of halogens is 1. The standard InChI is InChI=1S/C24H28ClN3O3/c1-31-21-13-7-2-8-16(21)14-28(24(30)17-9-3-5-11-19(17)25)15-22-26-20-12-6-4-10-18(20)23(29)27-22/h2-3,5,7-9,11,13,18,20,22,26H,4,6,10,12,14-15H2,1H3,(H,27,29). The Morgan fingerprint density at radius 3 is 2.68 bits per heavy atom. The molecule has 0 spiro atoms. The summed E-state index contributed by atoms with van der Waals surface area (Å²) in [5, 5.41) is 7.04. The average molecular weight is 442 g/mol. The maximum absolute atomic E-state index is 13.5. The highest BCUT2D eigenvalue weighted by molar-refractivity contribution is 6.33. The van der Waals surface area contributed by atoms with Crippen molar-refractivity contribution in [2.24, 2.45) is 5.92 Å². The number of rotatable bonds is 6. The molecule has 0 aromatic heterocycles. The summed E-state index contributed by atoms with van der Waals surface area (Å²) in [7, 11) is 1.62.